The van der Waals surface area contributed by atoms with Gasteiger partial charge >= 0.3 is 11.9 Å². The van der Waals surface area contributed by atoms with E-state index in [-0.39, 0.29) is 18.6 Å². The highest BCUT2D eigenvalue weighted by atomic mass is 32.2. The number of anilines is 1. The third-order valence-corrected chi connectivity index (χ3v) is 8.17. The number of carboxylic acids is 1. The Labute approximate surface area is 193 Å². The average molecular weight is 474 g/mol. The molecule has 9 heteroatoms. The number of nitrogens with zero attached hydrogens (tertiary/aromatic N) is 1. The molecule has 0 radical (unpaired) electrons. The topological polar surface area (TPSA) is 101 Å². The van der Waals surface area contributed by atoms with Crippen LogP contribution in [-0.2, 0) is 27.2 Å². The number of carboxylic acid groups (broad SMARTS) is 1. The fourth-order valence-electron chi connectivity index (χ4n) is 4.12. The van der Waals surface area contributed by atoms with E-state index in [1.807, 2.05) is 0 Å². The van der Waals surface area contributed by atoms with Crippen LogP contribution in [0, 0.1) is 5.92 Å². The van der Waals surface area contributed by atoms with Gasteiger partial charge in [0.1, 0.15) is 5.00 Å². The highest BCUT2D eigenvalue weighted by molar-refractivity contribution is 8.00. The Kier molecular flexibility index (Phi) is 6.39. The number of thiophene rings is 1. The first kappa shape index (κ1) is 22.5. The zero-order valence-corrected chi connectivity index (χ0v) is 19.4. The molecule has 1 aromatic heterocycles. The van der Waals surface area contributed by atoms with Crippen LogP contribution in [0.4, 0.5) is 5.00 Å². The summed E-state index contributed by atoms with van der Waals surface area (Å²) in [4.78, 5) is 53.1. The standard InChI is InChI=1S/C23H23NO6S2/c1-3-30-23(29)19-13-9-8-12(2)10-16(13)32-21(19)24-18(25)11-17(20(24)26)31-15-7-5-4-6-14(15)22(27)28/h4-7,12,17H,3,8-11H2,1-2H3,(H,27,28)/t12-,17-/m0/s1. The summed E-state index contributed by atoms with van der Waals surface area (Å²) in [6.07, 6.45) is 2.38. The van der Waals surface area contributed by atoms with Crippen LogP contribution < -0.4 is 4.90 Å². The van der Waals surface area contributed by atoms with E-state index in [1.54, 1.807) is 25.1 Å². The second-order valence-corrected chi connectivity index (χ2v) is 10.3. The van der Waals surface area contributed by atoms with Gasteiger partial charge in [-0.05, 0) is 49.8 Å². The van der Waals surface area contributed by atoms with Crippen LogP contribution in [0.1, 0.15) is 57.8 Å². The van der Waals surface area contributed by atoms with Crippen molar-refractivity contribution in [3.63, 3.8) is 0 Å². The smallest absolute Gasteiger partial charge is 0.341 e. The van der Waals surface area contributed by atoms with Gasteiger partial charge in [-0.2, -0.15) is 0 Å². The van der Waals surface area contributed by atoms with Crippen LogP contribution >= 0.6 is 23.1 Å². The molecule has 0 saturated carbocycles. The summed E-state index contributed by atoms with van der Waals surface area (Å²) in [6.45, 7) is 4.06. The third-order valence-electron chi connectivity index (χ3n) is 5.67. The van der Waals surface area contributed by atoms with Crippen LogP contribution in [0.3, 0.4) is 0 Å². The normalized spacial score (nSPS) is 20.4. The van der Waals surface area contributed by atoms with Gasteiger partial charge in [-0.1, -0.05) is 19.1 Å². The molecule has 2 heterocycles. The Hall–Kier alpha value is -2.65. The zero-order chi connectivity index (χ0) is 23.0. The monoisotopic (exact) mass is 473 g/mol. The van der Waals surface area contributed by atoms with Crippen molar-refractivity contribution in [2.24, 2.45) is 5.92 Å². The van der Waals surface area contributed by atoms with E-state index >= 15 is 0 Å². The molecule has 168 valence electrons. The van der Waals surface area contributed by atoms with Crippen LogP contribution in [0.2, 0.25) is 0 Å². The van der Waals surface area contributed by atoms with Gasteiger partial charge in [0.2, 0.25) is 11.8 Å². The maximum atomic E-state index is 13.3. The van der Waals surface area contributed by atoms with Gasteiger partial charge in [0.15, 0.2) is 0 Å². The molecule has 7 nitrogen and oxygen atoms in total. The molecule has 1 N–H and O–H groups in total. The minimum absolute atomic E-state index is 0.0569. The first-order valence-corrected chi connectivity index (χ1v) is 12.2. The minimum atomic E-state index is -1.09. The molecule has 4 rings (SSSR count). The summed E-state index contributed by atoms with van der Waals surface area (Å²) in [7, 11) is 0. The number of hydrogen-bond acceptors (Lipinski definition) is 7. The molecule has 0 bridgehead atoms. The molecule has 0 spiro atoms. The number of amides is 2. The number of carbonyl (C=O) groups is 4. The van der Waals surface area contributed by atoms with Crippen LogP contribution in [-0.4, -0.2) is 40.7 Å². The lowest BCUT2D eigenvalue weighted by atomic mass is 9.88. The Balaban J connectivity index is 1.69. The largest absolute Gasteiger partial charge is 0.478 e. The molecule has 1 saturated heterocycles. The molecule has 1 aromatic carbocycles. The predicted molar refractivity (Wildman–Crippen MR) is 122 cm³/mol. The van der Waals surface area contributed by atoms with Gasteiger partial charge in [-0.3, -0.25) is 9.59 Å². The van der Waals surface area contributed by atoms with Crippen molar-refractivity contribution in [2.75, 3.05) is 11.5 Å². The molecule has 1 aliphatic carbocycles. The molecule has 0 unspecified atom stereocenters. The summed E-state index contributed by atoms with van der Waals surface area (Å²) in [5, 5.41) is 9.01. The van der Waals surface area contributed by atoms with Crippen LogP contribution in [0.5, 0.6) is 0 Å². The van der Waals surface area contributed by atoms with Gasteiger partial charge in [0.05, 0.1) is 23.0 Å². The fourth-order valence-corrected chi connectivity index (χ4v) is 6.81. The summed E-state index contributed by atoms with van der Waals surface area (Å²) in [5.74, 6) is -1.96. The quantitative estimate of drug-likeness (QED) is 0.496. The van der Waals surface area contributed by atoms with Crippen molar-refractivity contribution in [3.05, 3.63) is 45.8 Å². The van der Waals surface area contributed by atoms with Crippen molar-refractivity contribution in [1.29, 1.82) is 0 Å². The molecule has 2 aliphatic rings. The lowest BCUT2D eigenvalue weighted by molar-refractivity contribution is -0.121. The number of benzene rings is 1. The van der Waals surface area contributed by atoms with E-state index in [0.717, 1.165) is 39.9 Å². The van der Waals surface area contributed by atoms with E-state index < -0.39 is 29.0 Å². The molecule has 2 atom stereocenters. The van der Waals surface area contributed by atoms with Crippen molar-refractivity contribution >= 4 is 51.9 Å². The maximum absolute atomic E-state index is 13.3. The minimum Gasteiger partial charge on any atom is -0.478 e. The Morgan fingerprint density at radius 2 is 2.00 bits per heavy atom. The number of carbonyl (C=O) groups excluding carboxylic acids is 3. The van der Waals surface area contributed by atoms with Crippen molar-refractivity contribution in [2.45, 2.75) is 49.7 Å². The van der Waals surface area contributed by atoms with E-state index in [0.29, 0.717) is 27.8 Å². The van der Waals surface area contributed by atoms with E-state index in [2.05, 4.69) is 6.92 Å². The SMILES string of the molecule is CCOC(=O)c1c(N2C(=O)C[C@H](Sc3ccccc3C(=O)O)C2=O)sc2c1CC[C@H](C)C2. The molecule has 32 heavy (non-hydrogen) atoms. The van der Waals surface area contributed by atoms with Gasteiger partial charge in [0, 0.05) is 16.2 Å². The molecule has 2 amide bonds. The van der Waals surface area contributed by atoms with Gasteiger partial charge in [-0.25, -0.2) is 14.5 Å². The highest BCUT2D eigenvalue weighted by Crippen LogP contribution is 2.45. The number of hydrogen-bond donors (Lipinski definition) is 1. The number of thioether (sulfide) groups is 1. The highest BCUT2D eigenvalue weighted by Gasteiger charge is 2.44. The number of esters is 1. The van der Waals surface area contributed by atoms with Crippen LogP contribution in [0.25, 0.3) is 0 Å². The molecule has 2 aromatic rings. The van der Waals surface area contributed by atoms with Crippen molar-refractivity contribution < 1.29 is 29.0 Å². The average Bonchev–Trinajstić information content (AvgIpc) is 3.24. The molecule has 1 aliphatic heterocycles. The first-order valence-electron chi connectivity index (χ1n) is 10.5. The summed E-state index contributed by atoms with van der Waals surface area (Å²) in [5.41, 5.74) is 1.30. The number of imide groups is 1. The first-order chi connectivity index (χ1) is 15.3. The molecular formula is C23H23NO6S2. The molecular weight excluding hydrogens is 450 g/mol. The number of aromatic carboxylic acids is 1. The zero-order valence-electron chi connectivity index (χ0n) is 17.8. The maximum Gasteiger partial charge on any atom is 0.341 e. The number of fused-ring (bicyclic) bond motifs is 1. The van der Waals surface area contributed by atoms with Crippen molar-refractivity contribution in [1.82, 2.24) is 0 Å². The van der Waals surface area contributed by atoms with E-state index in [4.69, 9.17) is 4.74 Å². The second-order valence-electron chi connectivity index (χ2n) is 7.93. The Morgan fingerprint density at radius 1 is 1.25 bits per heavy atom. The van der Waals surface area contributed by atoms with Crippen molar-refractivity contribution in [3.8, 4) is 0 Å². The van der Waals surface area contributed by atoms with E-state index in [1.165, 1.54) is 17.4 Å². The lowest BCUT2D eigenvalue weighted by Gasteiger charge is -2.18. The summed E-state index contributed by atoms with van der Waals surface area (Å²) >= 11 is 2.39. The fraction of sp³-hybridized carbons (Fsp3) is 0.391. The Morgan fingerprint density at radius 3 is 2.72 bits per heavy atom. The van der Waals surface area contributed by atoms with Gasteiger partial charge in [0.25, 0.3) is 0 Å². The Bertz CT molecular complexity index is 1110. The second kappa shape index (κ2) is 9.07. The van der Waals surface area contributed by atoms with E-state index in [9.17, 15) is 24.3 Å². The van der Waals surface area contributed by atoms with Crippen LogP contribution in [0.15, 0.2) is 29.2 Å². The number of ether oxygens (including phenoxy) is 1. The number of rotatable bonds is 6. The summed E-state index contributed by atoms with van der Waals surface area (Å²) < 4.78 is 5.26. The summed E-state index contributed by atoms with van der Waals surface area (Å²) in [6, 6.07) is 6.41. The predicted octanol–water partition coefficient (Wildman–Crippen LogP) is 4.17. The van der Waals surface area contributed by atoms with Gasteiger partial charge in [-0.15, -0.1) is 23.1 Å². The van der Waals surface area contributed by atoms with Gasteiger partial charge < -0.3 is 9.84 Å². The third kappa shape index (κ3) is 4.06. The lowest BCUT2D eigenvalue weighted by Crippen LogP contribution is -2.32. The molecule has 1 fully saturated rings.